The van der Waals surface area contributed by atoms with Crippen LogP contribution < -0.4 is 0 Å². The predicted molar refractivity (Wildman–Crippen MR) is 47.6 cm³/mol. The maximum atomic E-state index is 10.0. The quantitative estimate of drug-likeness (QED) is 0.319. The van der Waals surface area contributed by atoms with E-state index in [0.717, 1.165) is 0 Å². The number of rotatable bonds is 0. The van der Waals surface area contributed by atoms with Crippen molar-refractivity contribution in [3.05, 3.63) is 13.2 Å². The van der Waals surface area contributed by atoms with E-state index in [2.05, 4.69) is 31.7 Å². The SMILES string of the molecule is C=C.CCC.O=C1CCC(=O)O1. The first-order chi connectivity index (χ1) is 5.70. The molecule has 70 valence electrons. The maximum Gasteiger partial charge on any atom is 0.314 e. The van der Waals surface area contributed by atoms with Gasteiger partial charge in [0, 0.05) is 0 Å². The second-order valence-corrected chi connectivity index (χ2v) is 2.05. The van der Waals surface area contributed by atoms with Crippen LogP contribution in [0, 0.1) is 0 Å². The average molecular weight is 172 g/mol. The van der Waals surface area contributed by atoms with Crippen molar-refractivity contribution in [2.24, 2.45) is 0 Å². The van der Waals surface area contributed by atoms with E-state index < -0.39 is 11.9 Å². The van der Waals surface area contributed by atoms with Crippen molar-refractivity contribution in [3.63, 3.8) is 0 Å². The Labute approximate surface area is 73.4 Å². The summed E-state index contributed by atoms with van der Waals surface area (Å²) in [5.74, 6) is -0.796. The summed E-state index contributed by atoms with van der Waals surface area (Å²) in [6.07, 6.45) is 1.78. The van der Waals surface area contributed by atoms with Crippen molar-refractivity contribution in [1.29, 1.82) is 0 Å². The highest BCUT2D eigenvalue weighted by Gasteiger charge is 2.19. The Bertz CT molecular complexity index is 127. The van der Waals surface area contributed by atoms with Crippen LogP contribution in [0.15, 0.2) is 13.2 Å². The Kier molecular flexibility index (Phi) is 11.1. The Morgan fingerprint density at radius 3 is 1.50 bits per heavy atom. The molecule has 1 rings (SSSR count). The molecule has 0 radical (unpaired) electrons. The normalized spacial score (nSPS) is 13.5. The molecule has 3 heteroatoms. The molecule has 0 aliphatic carbocycles. The summed E-state index contributed by atoms with van der Waals surface area (Å²) in [4.78, 5) is 20.0. The second-order valence-electron chi connectivity index (χ2n) is 2.05. The van der Waals surface area contributed by atoms with Gasteiger partial charge in [-0.25, -0.2) is 0 Å². The van der Waals surface area contributed by atoms with E-state index in [9.17, 15) is 9.59 Å². The average Bonchev–Trinajstić information content (AvgIpc) is 2.40. The van der Waals surface area contributed by atoms with Gasteiger partial charge in [-0.15, -0.1) is 13.2 Å². The van der Waals surface area contributed by atoms with E-state index >= 15 is 0 Å². The third-order valence-electron chi connectivity index (χ3n) is 0.761. The van der Waals surface area contributed by atoms with Crippen LogP contribution in [0.1, 0.15) is 33.1 Å². The van der Waals surface area contributed by atoms with E-state index in [-0.39, 0.29) is 12.8 Å². The van der Waals surface area contributed by atoms with Crippen molar-refractivity contribution >= 4 is 11.9 Å². The van der Waals surface area contributed by atoms with E-state index in [4.69, 9.17) is 0 Å². The van der Waals surface area contributed by atoms with Crippen molar-refractivity contribution in [2.45, 2.75) is 33.1 Å². The van der Waals surface area contributed by atoms with Gasteiger partial charge in [0.05, 0.1) is 12.8 Å². The summed E-state index contributed by atoms with van der Waals surface area (Å²) in [6.45, 7) is 10.2. The third-order valence-corrected chi connectivity index (χ3v) is 0.761. The predicted octanol–water partition coefficient (Wildman–Crippen LogP) is 2.07. The minimum atomic E-state index is -0.398. The van der Waals surface area contributed by atoms with Gasteiger partial charge in [-0.05, 0) is 0 Å². The molecule has 12 heavy (non-hydrogen) atoms. The molecule has 0 bridgehead atoms. The van der Waals surface area contributed by atoms with Gasteiger partial charge >= 0.3 is 11.9 Å². The van der Waals surface area contributed by atoms with Crippen molar-refractivity contribution < 1.29 is 14.3 Å². The first-order valence-corrected chi connectivity index (χ1v) is 3.94. The van der Waals surface area contributed by atoms with Gasteiger partial charge in [0.15, 0.2) is 0 Å². The largest absolute Gasteiger partial charge is 0.393 e. The van der Waals surface area contributed by atoms with Crippen LogP contribution in [0.2, 0.25) is 0 Å². The zero-order chi connectivity index (χ0) is 9.98. The van der Waals surface area contributed by atoms with Crippen molar-refractivity contribution in [3.8, 4) is 0 Å². The Hall–Kier alpha value is -1.12. The summed E-state index contributed by atoms with van der Waals surface area (Å²) in [5, 5.41) is 0. The lowest BCUT2D eigenvalue weighted by atomic mass is 10.4. The van der Waals surface area contributed by atoms with Crippen molar-refractivity contribution in [2.75, 3.05) is 0 Å². The molecule has 1 saturated heterocycles. The van der Waals surface area contributed by atoms with Crippen LogP contribution in [0.25, 0.3) is 0 Å². The monoisotopic (exact) mass is 172 g/mol. The van der Waals surface area contributed by atoms with Gasteiger partial charge in [-0.2, -0.15) is 0 Å². The molecular weight excluding hydrogens is 156 g/mol. The minimum absolute atomic E-state index is 0.263. The second kappa shape index (κ2) is 9.88. The lowest BCUT2D eigenvalue weighted by molar-refractivity contribution is -0.151. The molecule has 0 aromatic heterocycles. The summed E-state index contributed by atoms with van der Waals surface area (Å²) in [7, 11) is 0. The van der Waals surface area contributed by atoms with Gasteiger partial charge < -0.3 is 4.74 Å². The summed E-state index contributed by atoms with van der Waals surface area (Å²) in [5.41, 5.74) is 0. The number of esters is 2. The Morgan fingerprint density at radius 1 is 1.17 bits per heavy atom. The van der Waals surface area contributed by atoms with Crippen LogP contribution >= 0.6 is 0 Å². The zero-order valence-corrected chi connectivity index (χ0v) is 7.76. The summed E-state index contributed by atoms with van der Waals surface area (Å²) >= 11 is 0. The number of hydrogen-bond acceptors (Lipinski definition) is 3. The van der Waals surface area contributed by atoms with E-state index in [1.807, 2.05) is 0 Å². The lowest BCUT2D eigenvalue weighted by Gasteiger charge is -1.79. The Morgan fingerprint density at radius 2 is 1.42 bits per heavy atom. The van der Waals surface area contributed by atoms with Crippen LogP contribution in [-0.2, 0) is 14.3 Å². The highest BCUT2D eigenvalue weighted by molar-refractivity contribution is 5.92. The molecule has 0 spiro atoms. The number of hydrogen-bond donors (Lipinski definition) is 0. The number of carbonyl (C=O) groups is 2. The summed E-state index contributed by atoms with van der Waals surface area (Å²) < 4.78 is 4.08. The molecule has 1 heterocycles. The topological polar surface area (TPSA) is 43.4 Å². The highest BCUT2D eigenvalue weighted by atomic mass is 16.6. The fraction of sp³-hybridized carbons (Fsp3) is 0.556. The van der Waals surface area contributed by atoms with Crippen LogP contribution in [-0.4, -0.2) is 11.9 Å². The molecule has 0 aromatic carbocycles. The number of cyclic esters (lactones) is 2. The van der Waals surface area contributed by atoms with Gasteiger partial charge in [-0.3, -0.25) is 9.59 Å². The molecule has 0 unspecified atom stereocenters. The highest BCUT2D eigenvalue weighted by Crippen LogP contribution is 2.03. The number of ether oxygens (including phenoxy) is 1. The van der Waals surface area contributed by atoms with Crippen LogP contribution in [0.3, 0.4) is 0 Å². The zero-order valence-electron chi connectivity index (χ0n) is 7.76. The molecule has 1 aliphatic rings. The first-order valence-electron chi connectivity index (χ1n) is 3.94. The molecule has 0 N–H and O–H groups in total. The minimum Gasteiger partial charge on any atom is -0.393 e. The van der Waals surface area contributed by atoms with E-state index in [0.29, 0.717) is 0 Å². The first kappa shape index (κ1) is 13.5. The molecule has 0 aromatic rings. The third kappa shape index (κ3) is 8.88. The fourth-order valence-corrected chi connectivity index (χ4v) is 0.433. The van der Waals surface area contributed by atoms with Gasteiger partial charge in [0.25, 0.3) is 0 Å². The molecule has 0 saturated carbocycles. The fourth-order valence-electron chi connectivity index (χ4n) is 0.433. The van der Waals surface area contributed by atoms with E-state index in [1.165, 1.54) is 6.42 Å². The smallest absolute Gasteiger partial charge is 0.314 e. The number of carbonyl (C=O) groups excluding carboxylic acids is 2. The van der Waals surface area contributed by atoms with Gasteiger partial charge in [0.1, 0.15) is 0 Å². The van der Waals surface area contributed by atoms with Crippen molar-refractivity contribution in [1.82, 2.24) is 0 Å². The van der Waals surface area contributed by atoms with Gasteiger partial charge in [0.2, 0.25) is 0 Å². The standard InChI is InChI=1S/C4H4O3.C3H8.C2H4/c5-3-1-2-4(6)7-3;1-3-2;1-2/h1-2H2;3H2,1-2H3;1-2H2. The molecule has 0 amide bonds. The Balaban J connectivity index is 0. The maximum absolute atomic E-state index is 10.0. The van der Waals surface area contributed by atoms with Crippen LogP contribution in [0.4, 0.5) is 0 Å². The van der Waals surface area contributed by atoms with E-state index in [1.54, 1.807) is 0 Å². The molecule has 3 nitrogen and oxygen atoms in total. The molecule has 0 atom stereocenters. The van der Waals surface area contributed by atoms with Gasteiger partial charge in [-0.1, -0.05) is 20.3 Å². The lowest BCUT2D eigenvalue weighted by Crippen LogP contribution is -1.94. The van der Waals surface area contributed by atoms with Crippen LogP contribution in [0.5, 0.6) is 0 Å². The molecular formula is C9H16O3. The summed E-state index contributed by atoms with van der Waals surface area (Å²) in [6, 6.07) is 0. The molecule has 1 aliphatic heterocycles. The molecule has 1 fully saturated rings.